The van der Waals surface area contributed by atoms with E-state index in [1.54, 1.807) is 31.2 Å². The molecule has 200 valence electrons. The number of benzene rings is 1. The molecule has 0 radical (unpaired) electrons. The normalized spacial score (nSPS) is 30.6. The van der Waals surface area contributed by atoms with Gasteiger partial charge in [0.25, 0.3) is 0 Å². The Morgan fingerprint density at radius 1 is 1.24 bits per heavy atom. The molecule has 1 saturated carbocycles. The second kappa shape index (κ2) is 8.24. The Bertz CT molecular complexity index is 1360. The third kappa shape index (κ3) is 3.46. The molecule has 4 atom stereocenters. The van der Waals surface area contributed by atoms with E-state index in [-0.39, 0.29) is 41.0 Å². The van der Waals surface area contributed by atoms with Gasteiger partial charge in [0.15, 0.2) is 22.8 Å². The van der Waals surface area contributed by atoms with Crippen molar-refractivity contribution in [3.05, 3.63) is 53.6 Å². The van der Waals surface area contributed by atoms with Crippen molar-refractivity contribution in [2.75, 3.05) is 0 Å². The number of carbonyl (C=O) groups is 4. The maximum atomic E-state index is 14.2. The van der Waals surface area contributed by atoms with Crippen LogP contribution in [0.25, 0.3) is 0 Å². The molecule has 2 aliphatic heterocycles. The quantitative estimate of drug-likeness (QED) is 0.170. The molecule has 0 aromatic heterocycles. The molecular formula is C30H32O8. The molecule has 1 aromatic rings. The highest BCUT2D eigenvalue weighted by Gasteiger charge is 2.81. The zero-order valence-electron chi connectivity index (χ0n) is 22.5. The summed E-state index contributed by atoms with van der Waals surface area (Å²) < 4.78 is 24.9. The zero-order chi connectivity index (χ0) is 27.8. The van der Waals surface area contributed by atoms with Gasteiger partial charge >= 0.3 is 5.97 Å². The van der Waals surface area contributed by atoms with Gasteiger partial charge in [0, 0.05) is 42.9 Å². The lowest BCUT2D eigenvalue weighted by atomic mass is 9.51. The van der Waals surface area contributed by atoms with Crippen LogP contribution in [0.2, 0.25) is 0 Å². The Morgan fingerprint density at radius 2 is 1.95 bits per heavy atom. The van der Waals surface area contributed by atoms with Crippen LogP contribution in [0.5, 0.6) is 17.2 Å². The highest BCUT2D eigenvalue weighted by atomic mass is 16.6. The predicted octanol–water partition coefficient (Wildman–Crippen LogP) is 4.50. The first-order valence-electron chi connectivity index (χ1n) is 12.7. The number of hydrogen-bond acceptors (Lipinski definition) is 8. The second-order valence-corrected chi connectivity index (χ2v) is 11.6. The summed E-state index contributed by atoms with van der Waals surface area (Å²) in [5.74, 6) is -1.58. The van der Waals surface area contributed by atoms with E-state index in [0.717, 1.165) is 0 Å². The third-order valence-corrected chi connectivity index (χ3v) is 8.17. The lowest BCUT2D eigenvalue weighted by molar-refractivity contribution is -0.171. The summed E-state index contributed by atoms with van der Waals surface area (Å²) in [6.45, 7) is 14.1. The molecule has 6 rings (SSSR count). The number of esters is 1. The van der Waals surface area contributed by atoms with E-state index in [0.29, 0.717) is 29.6 Å². The standard InChI is InChI=1S/C30H32O8/c1-8-27(4,5)36-19-13-21(35-17(3)32)24-22(14-19)37-30-20(25(24)33)11-18-12-23(30)28(6,7)38-29(30,26(18)34)10-9-16(2)15-31/h8-9,11,13-15,18,23H,1,10,12H2,2-7H3/b16-9+. The Hall–Kier alpha value is -3.52. The second-order valence-electron chi connectivity index (χ2n) is 11.6. The van der Waals surface area contributed by atoms with Gasteiger partial charge in [0.1, 0.15) is 34.7 Å². The van der Waals surface area contributed by atoms with Crippen LogP contribution in [-0.2, 0) is 19.1 Å². The number of fused-ring (bicyclic) bond motifs is 1. The molecule has 8 heteroatoms. The molecule has 2 fully saturated rings. The van der Waals surface area contributed by atoms with E-state index in [2.05, 4.69) is 6.58 Å². The molecule has 4 bridgehead atoms. The van der Waals surface area contributed by atoms with E-state index in [4.69, 9.17) is 18.9 Å². The number of rotatable bonds is 7. The maximum Gasteiger partial charge on any atom is 0.308 e. The Morgan fingerprint density at radius 3 is 2.58 bits per heavy atom. The van der Waals surface area contributed by atoms with E-state index < -0.39 is 34.3 Å². The number of aldehydes is 1. The van der Waals surface area contributed by atoms with Gasteiger partial charge in [-0.3, -0.25) is 19.2 Å². The number of hydrogen-bond donors (Lipinski definition) is 0. The molecule has 8 nitrogen and oxygen atoms in total. The van der Waals surface area contributed by atoms with E-state index in [9.17, 15) is 19.2 Å². The number of allylic oxidation sites excluding steroid dienone is 2. The third-order valence-electron chi connectivity index (χ3n) is 8.17. The van der Waals surface area contributed by atoms with E-state index >= 15 is 0 Å². The van der Waals surface area contributed by atoms with Crippen molar-refractivity contribution in [2.45, 2.75) is 76.8 Å². The SMILES string of the molecule is C=CC(C)(C)Oc1cc(OC(C)=O)c2c(c1)OC13C(=CC4CC1C(C)(C)OC3(C/C=C(\C)C=O)C4=O)C2=O. The average Bonchev–Trinajstić information content (AvgIpc) is 2.98. The lowest BCUT2D eigenvalue weighted by Gasteiger charge is -2.56. The largest absolute Gasteiger partial charge is 0.484 e. The molecule has 38 heavy (non-hydrogen) atoms. The van der Waals surface area contributed by atoms with Gasteiger partial charge in [-0.25, -0.2) is 0 Å². The number of ketones is 2. The van der Waals surface area contributed by atoms with Gasteiger partial charge in [0.05, 0.1) is 5.60 Å². The molecular weight excluding hydrogens is 488 g/mol. The van der Waals surface area contributed by atoms with Gasteiger partial charge in [-0.2, -0.15) is 0 Å². The molecule has 0 N–H and O–H groups in total. The molecule has 4 unspecified atom stereocenters. The Labute approximate surface area is 221 Å². The van der Waals surface area contributed by atoms with Crippen molar-refractivity contribution in [3.63, 3.8) is 0 Å². The Balaban J connectivity index is 1.76. The first-order chi connectivity index (χ1) is 17.7. The van der Waals surface area contributed by atoms with Crippen molar-refractivity contribution >= 4 is 23.8 Å². The topological polar surface area (TPSA) is 105 Å². The minimum absolute atomic E-state index is 0.0108. The number of Topliss-reactive ketones (excluding diaryl/α,β-unsaturated/α-hetero) is 2. The van der Waals surface area contributed by atoms with Crippen molar-refractivity contribution in [1.29, 1.82) is 0 Å². The van der Waals surface area contributed by atoms with E-state index in [1.165, 1.54) is 13.0 Å². The van der Waals surface area contributed by atoms with Gasteiger partial charge in [-0.05, 0) is 52.7 Å². The van der Waals surface area contributed by atoms with Crippen molar-refractivity contribution in [2.24, 2.45) is 11.8 Å². The smallest absolute Gasteiger partial charge is 0.308 e. The van der Waals surface area contributed by atoms with Crippen molar-refractivity contribution < 1.29 is 38.1 Å². The Kier molecular flexibility index (Phi) is 5.66. The van der Waals surface area contributed by atoms with Gasteiger partial charge < -0.3 is 18.9 Å². The molecule has 1 spiro atoms. The van der Waals surface area contributed by atoms with Crippen LogP contribution in [-0.4, -0.2) is 46.2 Å². The van der Waals surface area contributed by atoms with Crippen molar-refractivity contribution in [1.82, 2.24) is 0 Å². The summed E-state index contributed by atoms with van der Waals surface area (Å²) in [4.78, 5) is 51.6. The summed E-state index contributed by atoms with van der Waals surface area (Å²) in [7, 11) is 0. The van der Waals surface area contributed by atoms with Crippen LogP contribution in [0.4, 0.5) is 0 Å². The molecule has 1 aromatic carbocycles. The van der Waals surface area contributed by atoms with Gasteiger partial charge in [-0.15, -0.1) is 0 Å². The molecule has 3 aliphatic carbocycles. The summed E-state index contributed by atoms with van der Waals surface area (Å²) >= 11 is 0. The summed E-state index contributed by atoms with van der Waals surface area (Å²) in [6, 6.07) is 3.06. The maximum absolute atomic E-state index is 14.2. The monoisotopic (exact) mass is 520 g/mol. The minimum atomic E-state index is -1.51. The minimum Gasteiger partial charge on any atom is -0.484 e. The van der Waals surface area contributed by atoms with Gasteiger partial charge in [0.2, 0.25) is 0 Å². The summed E-state index contributed by atoms with van der Waals surface area (Å²) in [6.07, 6.45) is 6.23. The van der Waals surface area contributed by atoms with E-state index in [1.807, 2.05) is 27.7 Å². The summed E-state index contributed by atoms with van der Waals surface area (Å²) in [5, 5.41) is 0. The molecule has 2 heterocycles. The first-order valence-corrected chi connectivity index (χ1v) is 12.7. The van der Waals surface area contributed by atoms with Crippen LogP contribution in [0.15, 0.2) is 48.1 Å². The number of carbonyl (C=O) groups excluding carboxylic acids is 4. The van der Waals surface area contributed by atoms with Crippen LogP contribution < -0.4 is 14.2 Å². The zero-order valence-corrected chi connectivity index (χ0v) is 22.5. The number of ether oxygens (including phenoxy) is 4. The highest BCUT2D eigenvalue weighted by molar-refractivity contribution is 6.18. The molecule has 5 aliphatic rings. The lowest BCUT2D eigenvalue weighted by Crippen LogP contribution is -2.72. The fraction of sp³-hybridized carbons (Fsp3) is 0.467. The molecule has 1 saturated heterocycles. The van der Waals surface area contributed by atoms with Crippen LogP contribution in [0.1, 0.15) is 64.7 Å². The average molecular weight is 521 g/mol. The van der Waals surface area contributed by atoms with Crippen LogP contribution in [0, 0.1) is 11.8 Å². The molecule has 0 amide bonds. The predicted molar refractivity (Wildman–Crippen MR) is 137 cm³/mol. The van der Waals surface area contributed by atoms with Crippen LogP contribution >= 0.6 is 0 Å². The fourth-order valence-electron chi connectivity index (χ4n) is 6.50. The van der Waals surface area contributed by atoms with Gasteiger partial charge in [-0.1, -0.05) is 18.7 Å². The van der Waals surface area contributed by atoms with Crippen LogP contribution in [0.3, 0.4) is 0 Å². The highest BCUT2D eigenvalue weighted by Crippen LogP contribution is 2.67. The fourth-order valence-corrected chi connectivity index (χ4v) is 6.50. The van der Waals surface area contributed by atoms with Crippen molar-refractivity contribution in [3.8, 4) is 17.2 Å². The summed E-state index contributed by atoms with van der Waals surface area (Å²) in [5.41, 5.74) is -3.65. The first kappa shape index (κ1) is 26.1.